The summed E-state index contributed by atoms with van der Waals surface area (Å²) in [4.78, 5) is 0. The van der Waals surface area contributed by atoms with Gasteiger partial charge < -0.3 is 20.9 Å². The van der Waals surface area contributed by atoms with Crippen LogP contribution in [0.15, 0.2) is 11.5 Å². The third-order valence-corrected chi connectivity index (χ3v) is 3.04. The van der Waals surface area contributed by atoms with Crippen molar-refractivity contribution in [3.05, 3.63) is 11.5 Å². The van der Waals surface area contributed by atoms with E-state index >= 15 is 0 Å². The number of quaternary nitrogens is 1. The first-order chi connectivity index (χ1) is 6.68. The average Bonchev–Trinajstić information content (AvgIpc) is 2.66. The highest BCUT2D eigenvalue weighted by atomic mass is 16.5. The lowest BCUT2D eigenvalue weighted by atomic mass is 10.1. The summed E-state index contributed by atoms with van der Waals surface area (Å²) in [6.07, 6.45) is 2.60. The molecule has 14 heavy (non-hydrogen) atoms. The normalized spacial score (nSPS) is 33.0. The van der Waals surface area contributed by atoms with Crippen LogP contribution < -0.4 is 11.1 Å². The van der Waals surface area contributed by atoms with Crippen LogP contribution in [-0.4, -0.2) is 29.9 Å². The minimum Gasteiger partial charge on any atom is -0.486 e. The monoisotopic (exact) mass is 199 g/mol. The number of nitrogens with two attached hydrogens (primary N) is 2. The zero-order valence-corrected chi connectivity index (χ0v) is 8.57. The summed E-state index contributed by atoms with van der Waals surface area (Å²) in [5.41, 5.74) is 6.89. The lowest BCUT2D eigenvalue weighted by Gasteiger charge is -2.08. The van der Waals surface area contributed by atoms with Crippen LogP contribution in [0.25, 0.3) is 0 Å². The van der Waals surface area contributed by atoms with Crippen molar-refractivity contribution < 1.29 is 15.2 Å². The predicted octanol–water partition coefficient (Wildman–Crippen LogP) is -0.948. The maximum atomic E-state index is 9.18. The van der Waals surface area contributed by atoms with Crippen LogP contribution in [0.4, 0.5) is 0 Å². The van der Waals surface area contributed by atoms with E-state index < -0.39 is 0 Å². The molecule has 2 rings (SSSR count). The van der Waals surface area contributed by atoms with Gasteiger partial charge in [-0.2, -0.15) is 0 Å². The van der Waals surface area contributed by atoms with E-state index in [-0.39, 0.29) is 6.10 Å². The Balaban J connectivity index is 1.95. The molecule has 5 N–H and O–H groups in total. The molecule has 1 fully saturated rings. The topological polar surface area (TPSA) is 72.1 Å². The summed E-state index contributed by atoms with van der Waals surface area (Å²) >= 11 is 0. The smallest absolute Gasteiger partial charge is 0.167 e. The molecular weight excluding hydrogens is 180 g/mol. The molecule has 2 aliphatic heterocycles. The second-order valence-corrected chi connectivity index (χ2v) is 4.26. The Morgan fingerprint density at radius 3 is 3.14 bits per heavy atom. The molecule has 0 bridgehead atoms. The molecule has 1 saturated heterocycles. The molecule has 2 heterocycles. The molecule has 0 aromatic rings. The second kappa shape index (κ2) is 3.79. The van der Waals surface area contributed by atoms with Crippen molar-refractivity contribution in [3.63, 3.8) is 0 Å². The molecule has 0 saturated carbocycles. The molecule has 0 aromatic carbocycles. The first kappa shape index (κ1) is 9.80. The van der Waals surface area contributed by atoms with Gasteiger partial charge in [0, 0.05) is 12.8 Å². The Labute approximate surface area is 84.1 Å². The Hall–Kier alpha value is -0.740. The van der Waals surface area contributed by atoms with E-state index in [0.717, 1.165) is 37.3 Å². The van der Waals surface area contributed by atoms with Crippen LogP contribution in [0.3, 0.4) is 0 Å². The van der Waals surface area contributed by atoms with E-state index in [4.69, 9.17) is 10.5 Å². The molecule has 0 aromatic heterocycles. The third kappa shape index (κ3) is 1.72. The van der Waals surface area contributed by atoms with Crippen molar-refractivity contribution in [2.24, 2.45) is 5.73 Å². The summed E-state index contributed by atoms with van der Waals surface area (Å²) in [6.45, 7) is 2.90. The van der Waals surface area contributed by atoms with Crippen LogP contribution in [0.5, 0.6) is 0 Å². The standard InChI is InChI=1S/C10H18N2O2/c1-6(13)2-3-7-9(11)10-8(14-7)4-5-12-10/h6,8,10,12-13H,2-5,11H2,1H3/p+1. The van der Waals surface area contributed by atoms with E-state index in [9.17, 15) is 5.11 Å². The van der Waals surface area contributed by atoms with E-state index in [1.165, 1.54) is 0 Å². The van der Waals surface area contributed by atoms with Gasteiger partial charge in [0.25, 0.3) is 0 Å². The van der Waals surface area contributed by atoms with E-state index in [1.807, 2.05) is 0 Å². The number of ether oxygens (including phenoxy) is 1. The van der Waals surface area contributed by atoms with Gasteiger partial charge in [-0.05, 0) is 13.3 Å². The zero-order valence-electron chi connectivity index (χ0n) is 8.57. The number of hydrogen-bond acceptors (Lipinski definition) is 3. The fourth-order valence-electron chi connectivity index (χ4n) is 2.21. The van der Waals surface area contributed by atoms with E-state index in [1.54, 1.807) is 6.92 Å². The molecule has 0 radical (unpaired) electrons. The Morgan fingerprint density at radius 2 is 2.50 bits per heavy atom. The van der Waals surface area contributed by atoms with Crippen molar-refractivity contribution >= 4 is 0 Å². The Kier molecular flexibility index (Phi) is 2.65. The van der Waals surface area contributed by atoms with Gasteiger partial charge in [0.2, 0.25) is 0 Å². The second-order valence-electron chi connectivity index (χ2n) is 4.26. The van der Waals surface area contributed by atoms with Crippen molar-refractivity contribution in [2.45, 2.75) is 44.4 Å². The molecule has 0 spiro atoms. The minimum atomic E-state index is -0.275. The van der Waals surface area contributed by atoms with Crippen LogP contribution >= 0.6 is 0 Å². The highest BCUT2D eigenvalue weighted by molar-refractivity contribution is 5.18. The zero-order chi connectivity index (χ0) is 10.1. The SMILES string of the molecule is CC(O)CCC1=C(N)C2[NH2+]CCC2O1. The highest BCUT2D eigenvalue weighted by Crippen LogP contribution is 2.27. The van der Waals surface area contributed by atoms with Crippen LogP contribution in [0.1, 0.15) is 26.2 Å². The van der Waals surface area contributed by atoms with Gasteiger partial charge in [-0.1, -0.05) is 0 Å². The fourth-order valence-corrected chi connectivity index (χ4v) is 2.21. The van der Waals surface area contributed by atoms with Gasteiger partial charge in [0.05, 0.1) is 12.6 Å². The minimum absolute atomic E-state index is 0.275. The number of hydrogen-bond donors (Lipinski definition) is 3. The fraction of sp³-hybridized carbons (Fsp3) is 0.800. The van der Waals surface area contributed by atoms with Gasteiger partial charge >= 0.3 is 0 Å². The summed E-state index contributed by atoms with van der Waals surface area (Å²) < 4.78 is 5.76. The summed E-state index contributed by atoms with van der Waals surface area (Å²) in [6, 6.07) is 0.346. The lowest BCUT2D eigenvalue weighted by Crippen LogP contribution is -2.88. The number of aliphatic hydroxyl groups is 1. The molecular formula is C10H19N2O2+. The maximum absolute atomic E-state index is 9.18. The van der Waals surface area contributed by atoms with Gasteiger partial charge in [-0.15, -0.1) is 0 Å². The van der Waals surface area contributed by atoms with Gasteiger partial charge in [0.15, 0.2) is 12.1 Å². The number of allylic oxidation sites excluding steroid dienone is 1. The quantitative estimate of drug-likeness (QED) is 0.549. The van der Waals surface area contributed by atoms with Crippen LogP contribution in [-0.2, 0) is 4.74 Å². The third-order valence-electron chi connectivity index (χ3n) is 3.04. The molecule has 2 aliphatic rings. The number of rotatable bonds is 3. The van der Waals surface area contributed by atoms with Gasteiger partial charge in [-0.25, -0.2) is 0 Å². The molecule has 0 amide bonds. The lowest BCUT2D eigenvalue weighted by molar-refractivity contribution is -0.663. The van der Waals surface area contributed by atoms with Crippen LogP contribution in [0.2, 0.25) is 0 Å². The van der Waals surface area contributed by atoms with E-state index in [0.29, 0.717) is 12.1 Å². The molecule has 4 nitrogen and oxygen atoms in total. The molecule has 3 atom stereocenters. The molecule has 80 valence electrons. The Bertz CT molecular complexity index is 251. The van der Waals surface area contributed by atoms with Crippen molar-refractivity contribution in [3.8, 4) is 0 Å². The Morgan fingerprint density at radius 1 is 1.71 bits per heavy atom. The van der Waals surface area contributed by atoms with Gasteiger partial charge in [-0.3, -0.25) is 0 Å². The maximum Gasteiger partial charge on any atom is 0.167 e. The average molecular weight is 199 g/mol. The number of aliphatic hydroxyl groups excluding tert-OH is 1. The van der Waals surface area contributed by atoms with Crippen molar-refractivity contribution in [1.29, 1.82) is 0 Å². The van der Waals surface area contributed by atoms with Crippen molar-refractivity contribution in [2.75, 3.05) is 6.54 Å². The van der Waals surface area contributed by atoms with Crippen molar-refractivity contribution in [1.82, 2.24) is 0 Å². The van der Waals surface area contributed by atoms with E-state index in [2.05, 4.69) is 5.32 Å². The summed E-state index contributed by atoms with van der Waals surface area (Å²) in [5.74, 6) is 0.914. The molecule has 0 aliphatic carbocycles. The first-order valence-corrected chi connectivity index (χ1v) is 5.35. The largest absolute Gasteiger partial charge is 0.486 e. The summed E-state index contributed by atoms with van der Waals surface area (Å²) in [7, 11) is 0. The first-order valence-electron chi connectivity index (χ1n) is 5.35. The molecule has 3 unspecified atom stereocenters. The number of fused-ring (bicyclic) bond motifs is 1. The summed E-state index contributed by atoms with van der Waals surface area (Å²) in [5, 5.41) is 11.4. The predicted molar refractivity (Wildman–Crippen MR) is 52.2 cm³/mol. The highest BCUT2D eigenvalue weighted by Gasteiger charge is 2.42. The molecule has 4 heteroatoms. The van der Waals surface area contributed by atoms with Gasteiger partial charge in [0.1, 0.15) is 11.5 Å². The van der Waals surface area contributed by atoms with Crippen LogP contribution in [0, 0.1) is 0 Å².